The van der Waals surface area contributed by atoms with Crippen LogP contribution in [0.3, 0.4) is 0 Å². The summed E-state index contributed by atoms with van der Waals surface area (Å²) in [5.74, 6) is -4.95. The maximum atomic E-state index is 12.9. The van der Waals surface area contributed by atoms with Gasteiger partial charge in [-0.3, -0.25) is 0 Å². The van der Waals surface area contributed by atoms with Crippen molar-refractivity contribution in [3.8, 4) is 0 Å². The molecule has 0 heterocycles. The zero-order valence-electron chi connectivity index (χ0n) is 16.9. The summed E-state index contributed by atoms with van der Waals surface area (Å²) in [7, 11) is 0. The SMILES string of the molecule is CCCCCCCCOCC(COCC(F)(F)C(F)(F)F)OOCCOCCO. The average molecular weight is 440 g/mol. The maximum absolute atomic E-state index is 12.9. The molecule has 0 rings (SSSR count). The van der Waals surface area contributed by atoms with Gasteiger partial charge in [0, 0.05) is 6.61 Å². The number of alkyl halides is 5. The second kappa shape index (κ2) is 17.1. The van der Waals surface area contributed by atoms with Crippen molar-refractivity contribution in [3.05, 3.63) is 0 Å². The Morgan fingerprint density at radius 1 is 0.759 bits per heavy atom. The summed E-state index contributed by atoms with van der Waals surface area (Å²) < 4.78 is 77.1. The van der Waals surface area contributed by atoms with Crippen molar-refractivity contribution in [2.45, 2.75) is 63.7 Å². The molecule has 0 spiro atoms. The molecule has 0 aromatic carbocycles. The lowest BCUT2D eigenvalue weighted by Crippen LogP contribution is -2.41. The Morgan fingerprint density at radius 3 is 2.07 bits per heavy atom. The fraction of sp³-hybridized carbons (Fsp3) is 1.00. The van der Waals surface area contributed by atoms with Crippen molar-refractivity contribution in [1.82, 2.24) is 0 Å². The summed E-state index contributed by atoms with van der Waals surface area (Å²) in [6, 6.07) is 0. The van der Waals surface area contributed by atoms with Crippen LogP contribution in [0.15, 0.2) is 0 Å². The highest BCUT2D eigenvalue weighted by Crippen LogP contribution is 2.35. The van der Waals surface area contributed by atoms with E-state index >= 15 is 0 Å². The van der Waals surface area contributed by atoms with E-state index in [4.69, 9.17) is 24.4 Å². The standard InChI is InChI=1S/C18H33F5O6/c1-2-3-4-5-6-7-9-26-13-16(29-28-12-11-25-10-8-24)14-27-15-17(19,20)18(21,22)23/h16,24H,2-15H2,1H3. The molecule has 0 fully saturated rings. The summed E-state index contributed by atoms with van der Waals surface area (Å²) in [5, 5.41) is 8.56. The van der Waals surface area contributed by atoms with Crippen LogP contribution in [0.5, 0.6) is 0 Å². The van der Waals surface area contributed by atoms with E-state index in [-0.39, 0.29) is 33.0 Å². The first-order valence-corrected chi connectivity index (χ1v) is 9.81. The third-order valence-electron chi connectivity index (χ3n) is 3.70. The summed E-state index contributed by atoms with van der Waals surface area (Å²) in [6.07, 6.45) is -0.309. The van der Waals surface area contributed by atoms with Crippen LogP contribution < -0.4 is 0 Å². The molecular formula is C18H33F5O6. The lowest BCUT2D eigenvalue weighted by Gasteiger charge is -2.21. The van der Waals surface area contributed by atoms with Crippen LogP contribution in [0, 0.1) is 0 Å². The van der Waals surface area contributed by atoms with Crippen LogP contribution in [0.4, 0.5) is 22.0 Å². The highest BCUT2D eigenvalue weighted by atomic mass is 19.4. The average Bonchev–Trinajstić information content (AvgIpc) is 2.65. The van der Waals surface area contributed by atoms with Crippen LogP contribution in [0.1, 0.15) is 45.4 Å². The minimum Gasteiger partial charge on any atom is -0.394 e. The van der Waals surface area contributed by atoms with Crippen molar-refractivity contribution < 1.29 is 51.0 Å². The topological polar surface area (TPSA) is 66.4 Å². The number of aliphatic hydroxyl groups is 1. The Hall–Kier alpha value is -0.590. The highest BCUT2D eigenvalue weighted by Gasteiger charge is 2.57. The number of rotatable bonds is 20. The van der Waals surface area contributed by atoms with E-state index in [1.807, 2.05) is 0 Å². The smallest absolute Gasteiger partial charge is 0.394 e. The number of ether oxygens (including phenoxy) is 3. The second-order valence-corrected chi connectivity index (χ2v) is 6.44. The van der Waals surface area contributed by atoms with E-state index in [1.54, 1.807) is 0 Å². The number of hydrogen-bond acceptors (Lipinski definition) is 6. The monoisotopic (exact) mass is 440 g/mol. The van der Waals surface area contributed by atoms with Crippen molar-refractivity contribution in [2.24, 2.45) is 0 Å². The Balaban J connectivity index is 4.15. The van der Waals surface area contributed by atoms with Crippen molar-refractivity contribution >= 4 is 0 Å². The predicted octanol–water partition coefficient (Wildman–Crippen LogP) is 3.90. The van der Waals surface area contributed by atoms with Gasteiger partial charge in [-0.05, 0) is 6.42 Å². The van der Waals surface area contributed by atoms with E-state index in [2.05, 4.69) is 11.7 Å². The van der Waals surface area contributed by atoms with E-state index in [1.165, 1.54) is 6.42 Å². The molecular weight excluding hydrogens is 407 g/mol. The molecule has 0 amide bonds. The molecule has 0 aliphatic heterocycles. The molecule has 6 nitrogen and oxygen atoms in total. The molecule has 0 saturated carbocycles. The van der Waals surface area contributed by atoms with Gasteiger partial charge < -0.3 is 19.3 Å². The number of halogens is 5. The molecule has 1 atom stereocenters. The minimum atomic E-state index is -5.68. The zero-order valence-corrected chi connectivity index (χ0v) is 16.9. The minimum absolute atomic E-state index is 0.0212. The van der Waals surface area contributed by atoms with Gasteiger partial charge in [0.25, 0.3) is 0 Å². The summed E-state index contributed by atoms with van der Waals surface area (Å²) in [4.78, 5) is 9.80. The first-order chi connectivity index (χ1) is 13.7. The lowest BCUT2D eigenvalue weighted by molar-refractivity contribution is -0.345. The summed E-state index contributed by atoms with van der Waals surface area (Å²) >= 11 is 0. The van der Waals surface area contributed by atoms with Gasteiger partial charge in [-0.25, -0.2) is 9.78 Å². The molecule has 0 aromatic rings. The first kappa shape index (κ1) is 28.4. The largest absolute Gasteiger partial charge is 0.455 e. The fourth-order valence-electron chi connectivity index (χ4n) is 2.11. The number of unbranched alkanes of at least 4 members (excludes halogenated alkanes) is 5. The van der Waals surface area contributed by atoms with Gasteiger partial charge in [-0.15, -0.1) is 0 Å². The van der Waals surface area contributed by atoms with Crippen LogP contribution >= 0.6 is 0 Å². The quantitative estimate of drug-likeness (QED) is 0.134. The van der Waals surface area contributed by atoms with Gasteiger partial charge in [0.05, 0.1) is 33.0 Å². The van der Waals surface area contributed by atoms with Crippen LogP contribution in [-0.2, 0) is 24.0 Å². The van der Waals surface area contributed by atoms with E-state index in [9.17, 15) is 22.0 Å². The molecule has 176 valence electrons. The highest BCUT2D eigenvalue weighted by molar-refractivity contribution is 4.75. The van der Waals surface area contributed by atoms with Gasteiger partial charge in [-0.2, -0.15) is 22.0 Å². The Labute approximate surface area is 168 Å². The first-order valence-electron chi connectivity index (χ1n) is 9.81. The maximum Gasteiger partial charge on any atom is 0.455 e. The van der Waals surface area contributed by atoms with Crippen molar-refractivity contribution in [3.63, 3.8) is 0 Å². The summed E-state index contributed by atoms with van der Waals surface area (Å²) in [6.45, 7) is 0.129. The van der Waals surface area contributed by atoms with E-state index in [0.29, 0.717) is 6.61 Å². The van der Waals surface area contributed by atoms with Crippen LogP contribution in [-0.4, -0.2) is 76.2 Å². The van der Waals surface area contributed by atoms with Gasteiger partial charge >= 0.3 is 12.1 Å². The third kappa shape index (κ3) is 15.9. The molecule has 1 unspecified atom stereocenters. The molecule has 29 heavy (non-hydrogen) atoms. The van der Waals surface area contributed by atoms with Gasteiger partial charge in [0.15, 0.2) is 0 Å². The Bertz CT molecular complexity index is 371. The van der Waals surface area contributed by atoms with Gasteiger partial charge in [-0.1, -0.05) is 39.0 Å². The van der Waals surface area contributed by atoms with Crippen molar-refractivity contribution in [2.75, 3.05) is 52.9 Å². The number of hydrogen-bond donors (Lipinski definition) is 1. The molecule has 0 radical (unpaired) electrons. The summed E-state index contributed by atoms with van der Waals surface area (Å²) in [5.41, 5.74) is 0. The molecule has 11 heteroatoms. The zero-order chi connectivity index (χ0) is 22.0. The van der Waals surface area contributed by atoms with Crippen LogP contribution in [0.2, 0.25) is 0 Å². The lowest BCUT2D eigenvalue weighted by atomic mass is 10.1. The molecule has 0 aliphatic carbocycles. The molecule has 0 aromatic heterocycles. The normalized spacial score (nSPS) is 13.8. The van der Waals surface area contributed by atoms with E-state index < -0.39 is 31.4 Å². The second-order valence-electron chi connectivity index (χ2n) is 6.44. The molecule has 0 aliphatic rings. The molecule has 0 bridgehead atoms. The van der Waals surface area contributed by atoms with Crippen LogP contribution in [0.25, 0.3) is 0 Å². The Morgan fingerprint density at radius 2 is 1.41 bits per heavy atom. The molecule has 0 saturated heterocycles. The molecule has 1 N–H and O–H groups in total. The number of aliphatic hydroxyl groups excluding tert-OH is 1. The predicted molar refractivity (Wildman–Crippen MR) is 94.7 cm³/mol. The van der Waals surface area contributed by atoms with Gasteiger partial charge in [0.2, 0.25) is 0 Å². The van der Waals surface area contributed by atoms with Gasteiger partial charge in [0.1, 0.15) is 19.3 Å². The van der Waals surface area contributed by atoms with E-state index in [0.717, 1.165) is 32.1 Å². The van der Waals surface area contributed by atoms with Crippen molar-refractivity contribution in [1.29, 1.82) is 0 Å². The fourth-order valence-corrected chi connectivity index (χ4v) is 2.11. The Kier molecular flexibility index (Phi) is 16.8. The third-order valence-corrected chi connectivity index (χ3v) is 3.70.